The van der Waals surface area contributed by atoms with Crippen LogP contribution in [0.2, 0.25) is 0 Å². The molecule has 0 spiro atoms. The zero-order chi connectivity index (χ0) is 22.9. The molecule has 8 heteroatoms. The molecule has 33 heavy (non-hydrogen) atoms. The van der Waals surface area contributed by atoms with Gasteiger partial charge in [0.25, 0.3) is 0 Å². The van der Waals surface area contributed by atoms with Crippen LogP contribution in [-0.2, 0) is 6.54 Å². The van der Waals surface area contributed by atoms with Gasteiger partial charge in [-0.2, -0.15) is 5.10 Å². The molecule has 168 valence electrons. The van der Waals surface area contributed by atoms with Crippen LogP contribution >= 0.6 is 0 Å². The molecular formula is C25H25FN6O. The average Bonchev–Trinajstić information content (AvgIpc) is 3.45. The Labute approximate surface area is 191 Å². The summed E-state index contributed by atoms with van der Waals surface area (Å²) in [5.74, 6) is 2.48. The second-order valence-corrected chi connectivity index (χ2v) is 8.27. The molecule has 0 radical (unpaired) electrons. The molecule has 0 aliphatic carbocycles. The number of imidazole rings is 1. The Morgan fingerprint density at radius 3 is 2.85 bits per heavy atom. The van der Waals surface area contributed by atoms with E-state index < -0.39 is 0 Å². The summed E-state index contributed by atoms with van der Waals surface area (Å²) in [7, 11) is 1.62. The van der Waals surface area contributed by atoms with Crippen molar-refractivity contribution < 1.29 is 9.13 Å². The van der Waals surface area contributed by atoms with Crippen LogP contribution in [0.4, 0.5) is 4.39 Å². The second-order valence-electron chi connectivity index (χ2n) is 8.27. The van der Waals surface area contributed by atoms with E-state index in [1.165, 1.54) is 0 Å². The lowest BCUT2D eigenvalue weighted by molar-refractivity contribution is 0.410. The summed E-state index contributed by atoms with van der Waals surface area (Å²) in [6.45, 7) is 4.51. The first-order chi connectivity index (χ1) is 16.0. The van der Waals surface area contributed by atoms with Crippen molar-refractivity contribution in [3.05, 3.63) is 82.8 Å². The van der Waals surface area contributed by atoms with Crippen molar-refractivity contribution in [1.82, 2.24) is 29.3 Å². The first-order valence-corrected chi connectivity index (χ1v) is 11.0. The second kappa shape index (κ2) is 8.61. The fourth-order valence-corrected chi connectivity index (χ4v) is 4.27. The lowest BCUT2D eigenvalue weighted by Crippen LogP contribution is -2.19. The molecule has 1 aliphatic heterocycles. The van der Waals surface area contributed by atoms with Gasteiger partial charge in [0, 0.05) is 24.9 Å². The molecule has 4 aromatic rings. The van der Waals surface area contributed by atoms with Gasteiger partial charge in [0.05, 0.1) is 12.8 Å². The lowest BCUT2D eigenvalue weighted by Gasteiger charge is -2.23. The van der Waals surface area contributed by atoms with E-state index in [0.717, 1.165) is 36.5 Å². The molecule has 0 N–H and O–H groups in total. The summed E-state index contributed by atoms with van der Waals surface area (Å²) in [6.07, 6.45) is 10.9. The Bertz CT molecular complexity index is 1340. The quantitative estimate of drug-likeness (QED) is 0.446. The molecule has 1 atom stereocenters. The van der Waals surface area contributed by atoms with Gasteiger partial charge in [-0.15, -0.1) is 0 Å². The highest BCUT2D eigenvalue weighted by molar-refractivity contribution is 5.67. The third-order valence-electron chi connectivity index (χ3n) is 5.94. The van der Waals surface area contributed by atoms with Crippen molar-refractivity contribution in [3.63, 3.8) is 0 Å². The van der Waals surface area contributed by atoms with Crippen molar-refractivity contribution >= 4 is 12.2 Å². The van der Waals surface area contributed by atoms with Crippen molar-refractivity contribution in [2.75, 3.05) is 7.11 Å². The van der Waals surface area contributed by atoms with Crippen molar-refractivity contribution in [2.45, 2.75) is 39.2 Å². The Kier molecular flexibility index (Phi) is 5.50. The largest absolute Gasteiger partial charge is 0.493 e. The molecule has 0 saturated heterocycles. The smallest absolute Gasteiger partial charge is 0.180 e. The summed E-state index contributed by atoms with van der Waals surface area (Å²) in [5, 5.41) is 4.64. The van der Waals surface area contributed by atoms with Crippen molar-refractivity contribution in [1.29, 1.82) is 0 Å². The monoisotopic (exact) mass is 444 g/mol. The molecule has 4 heterocycles. The Hall–Kier alpha value is -3.81. The van der Waals surface area contributed by atoms with E-state index in [1.807, 2.05) is 52.7 Å². The Morgan fingerprint density at radius 1 is 1.18 bits per heavy atom. The van der Waals surface area contributed by atoms with E-state index >= 15 is 0 Å². The van der Waals surface area contributed by atoms with Crippen LogP contribution in [0, 0.1) is 19.7 Å². The Morgan fingerprint density at radius 2 is 2.06 bits per heavy atom. The number of pyridine rings is 1. The van der Waals surface area contributed by atoms with Crippen LogP contribution in [0.5, 0.6) is 5.75 Å². The Balaban J connectivity index is 1.42. The number of methoxy groups -OCH3 is 1. The minimum absolute atomic E-state index is 0.0898. The summed E-state index contributed by atoms with van der Waals surface area (Å²) in [6, 6.07) is 7.46. The number of benzene rings is 1. The standard InChI is InChI=1S/C25H25FN6O/c1-16-6-4-7-19(23(16)26)20-8-5-11-32-24(20)29-22(30-32)10-9-18-12-21(33-3)25(27-13-18)31-14-17(2)28-15-31/h4,6-7,9-10,12-15,20H,5,8,11H2,1-3H3/t20-/m1/s1. The lowest BCUT2D eigenvalue weighted by atomic mass is 9.90. The molecule has 1 aromatic carbocycles. The highest BCUT2D eigenvalue weighted by Gasteiger charge is 2.27. The molecule has 0 unspecified atom stereocenters. The minimum Gasteiger partial charge on any atom is -0.493 e. The first-order valence-electron chi connectivity index (χ1n) is 11.0. The first kappa shape index (κ1) is 21.1. The number of hydrogen-bond acceptors (Lipinski definition) is 5. The van der Waals surface area contributed by atoms with Crippen molar-refractivity contribution in [2.24, 2.45) is 0 Å². The molecule has 0 fully saturated rings. The van der Waals surface area contributed by atoms with Crippen molar-refractivity contribution in [3.8, 4) is 11.6 Å². The maximum Gasteiger partial charge on any atom is 0.180 e. The number of fused-ring (bicyclic) bond motifs is 1. The molecule has 0 amide bonds. The molecule has 5 rings (SSSR count). The third kappa shape index (κ3) is 4.04. The van der Waals surface area contributed by atoms with E-state index in [0.29, 0.717) is 28.5 Å². The molecule has 3 aromatic heterocycles. The van der Waals surface area contributed by atoms with E-state index in [9.17, 15) is 4.39 Å². The summed E-state index contributed by atoms with van der Waals surface area (Å²) in [4.78, 5) is 13.5. The van der Waals surface area contributed by atoms with Gasteiger partial charge in [0.1, 0.15) is 18.0 Å². The van der Waals surface area contributed by atoms with Crippen LogP contribution in [0.1, 0.15) is 52.8 Å². The van der Waals surface area contributed by atoms with Gasteiger partial charge in [-0.1, -0.05) is 18.2 Å². The predicted octanol–water partition coefficient (Wildman–Crippen LogP) is 4.72. The summed E-state index contributed by atoms with van der Waals surface area (Å²) in [5.41, 5.74) is 3.11. The van der Waals surface area contributed by atoms with Gasteiger partial charge < -0.3 is 4.74 Å². The molecule has 0 saturated carbocycles. The third-order valence-corrected chi connectivity index (χ3v) is 5.94. The van der Waals surface area contributed by atoms with Gasteiger partial charge in [-0.3, -0.25) is 4.57 Å². The maximum atomic E-state index is 14.8. The molecule has 7 nitrogen and oxygen atoms in total. The molecule has 1 aliphatic rings. The van der Waals surface area contributed by atoms with Gasteiger partial charge >= 0.3 is 0 Å². The highest BCUT2D eigenvalue weighted by atomic mass is 19.1. The molecular weight excluding hydrogens is 419 g/mol. The number of hydrogen-bond donors (Lipinski definition) is 0. The van der Waals surface area contributed by atoms with Gasteiger partial charge in [0.15, 0.2) is 17.4 Å². The number of halogens is 1. The van der Waals surface area contributed by atoms with E-state index in [4.69, 9.17) is 9.72 Å². The fraction of sp³-hybridized carbons (Fsp3) is 0.280. The average molecular weight is 445 g/mol. The minimum atomic E-state index is -0.151. The number of rotatable bonds is 5. The maximum absolute atomic E-state index is 14.8. The topological polar surface area (TPSA) is 70.7 Å². The zero-order valence-electron chi connectivity index (χ0n) is 18.9. The normalized spacial score (nSPS) is 15.7. The van der Waals surface area contributed by atoms with Crippen LogP contribution in [0.15, 0.2) is 43.0 Å². The molecule has 0 bridgehead atoms. The van der Waals surface area contributed by atoms with Crippen LogP contribution < -0.4 is 4.74 Å². The summed E-state index contributed by atoms with van der Waals surface area (Å²) >= 11 is 0. The van der Waals surface area contributed by atoms with Gasteiger partial charge in [0.2, 0.25) is 0 Å². The number of aromatic nitrogens is 6. The van der Waals surface area contributed by atoms with Crippen LogP contribution in [0.25, 0.3) is 18.0 Å². The van der Waals surface area contributed by atoms with Crippen LogP contribution in [0.3, 0.4) is 0 Å². The number of aryl methyl sites for hydroxylation is 3. The van der Waals surface area contributed by atoms with Gasteiger partial charge in [-0.25, -0.2) is 24.0 Å². The van der Waals surface area contributed by atoms with E-state index in [-0.39, 0.29) is 11.7 Å². The highest BCUT2D eigenvalue weighted by Crippen LogP contribution is 2.34. The van der Waals surface area contributed by atoms with Gasteiger partial charge in [-0.05, 0) is 61.6 Å². The number of ether oxygens (including phenoxy) is 1. The van der Waals surface area contributed by atoms with E-state index in [1.54, 1.807) is 32.6 Å². The number of nitrogens with zero attached hydrogens (tertiary/aromatic N) is 6. The predicted molar refractivity (Wildman–Crippen MR) is 124 cm³/mol. The summed E-state index contributed by atoms with van der Waals surface area (Å²) < 4.78 is 24.1. The SMILES string of the molecule is COc1cc(C=Cc2nc3n(n2)CCC[C@@H]3c2cccc(C)c2F)cnc1-n1cnc(C)c1. The fourth-order valence-electron chi connectivity index (χ4n) is 4.27. The van der Waals surface area contributed by atoms with Crippen LogP contribution in [-0.4, -0.2) is 36.4 Å². The van der Waals surface area contributed by atoms with E-state index in [2.05, 4.69) is 15.1 Å². The zero-order valence-corrected chi connectivity index (χ0v) is 18.9.